The molecule has 0 aromatic heterocycles. The minimum atomic E-state index is -0.775. The van der Waals surface area contributed by atoms with Crippen molar-refractivity contribution in [3.63, 3.8) is 0 Å². The summed E-state index contributed by atoms with van der Waals surface area (Å²) in [5, 5.41) is 14.0. The molecule has 0 aromatic carbocycles. The molecule has 2 aliphatic carbocycles. The molecule has 1 aliphatic heterocycles. The quantitative estimate of drug-likeness (QED) is 0.403. The van der Waals surface area contributed by atoms with Gasteiger partial charge in [-0.2, -0.15) is 0 Å². The zero-order chi connectivity index (χ0) is 21.7. The van der Waals surface area contributed by atoms with E-state index in [9.17, 15) is 5.11 Å². The Bertz CT molecular complexity index is 795. The van der Waals surface area contributed by atoms with Crippen LogP contribution in [0.25, 0.3) is 9.69 Å². The molecule has 0 unspecified atom stereocenters. The van der Waals surface area contributed by atoms with E-state index in [0.717, 1.165) is 32.1 Å². The van der Waals surface area contributed by atoms with Crippen molar-refractivity contribution >= 4 is 17.4 Å². The highest BCUT2D eigenvalue weighted by Crippen LogP contribution is 2.58. The fourth-order valence-electron chi connectivity index (χ4n) is 6.25. The molecule has 1 saturated heterocycles. The van der Waals surface area contributed by atoms with Gasteiger partial charge < -0.3 is 19.5 Å². The zero-order valence-electron chi connectivity index (χ0n) is 18.2. The molecule has 0 radical (unpaired) electrons. The van der Waals surface area contributed by atoms with Gasteiger partial charge in [0.25, 0.3) is 11.1 Å². The van der Waals surface area contributed by atoms with E-state index in [0.29, 0.717) is 6.42 Å². The summed E-state index contributed by atoms with van der Waals surface area (Å²) >= 11 is 4.94. The summed E-state index contributed by atoms with van der Waals surface area (Å²) in [6.07, 6.45) is 4.15. The van der Waals surface area contributed by atoms with Crippen LogP contribution in [-0.4, -0.2) is 44.7 Å². The number of nitrogens with zero attached hydrogens (tertiary/aromatic N) is 3. The van der Waals surface area contributed by atoms with E-state index in [1.807, 2.05) is 20.8 Å². The van der Waals surface area contributed by atoms with Gasteiger partial charge in [-0.05, 0) is 70.0 Å². The van der Waals surface area contributed by atoms with Gasteiger partial charge in [-0.15, -0.1) is 0 Å². The fraction of sp³-hybridized carbons (Fsp3) is 0.870. The lowest BCUT2D eigenvalue weighted by molar-refractivity contribution is -0.161. The molecule has 0 bridgehead atoms. The van der Waals surface area contributed by atoms with Gasteiger partial charge in [0.1, 0.15) is 12.2 Å². The summed E-state index contributed by atoms with van der Waals surface area (Å²) in [4.78, 5) is 12.2. The number of thiocarbonyl (C=S) groups is 1. The van der Waals surface area contributed by atoms with Gasteiger partial charge in [0.15, 0.2) is 0 Å². The van der Waals surface area contributed by atoms with Gasteiger partial charge in [0, 0.05) is 33.1 Å². The number of fused-ring (bicyclic) bond motifs is 1. The highest BCUT2D eigenvalue weighted by atomic mass is 32.1. The molecule has 5 nitrogen and oxygen atoms in total. The molecule has 3 fully saturated rings. The number of aliphatic hydroxyl groups is 1. The lowest BCUT2D eigenvalue weighted by atomic mass is 9.51. The summed E-state index contributed by atoms with van der Waals surface area (Å²) in [7, 11) is 0. The van der Waals surface area contributed by atoms with E-state index in [-0.39, 0.29) is 29.4 Å². The van der Waals surface area contributed by atoms with Crippen LogP contribution in [0.15, 0.2) is 4.99 Å². The Morgan fingerprint density at radius 2 is 1.76 bits per heavy atom. The Hall–Kier alpha value is -1.30. The SMILES string of the molecule is [C-]#[N+]C(C)(C)[C@@H]1CC[C@](C)([C@H]2CC[C@@](C)(N=C=S)[C@H]3CC[C@](C)([N+]#[C-])[C@@H](O)[C@@H]32)O1. The first-order chi connectivity index (χ1) is 13.5. The fourth-order valence-corrected chi connectivity index (χ4v) is 6.46. The third-order valence-electron chi connectivity index (χ3n) is 8.38. The second-order valence-corrected chi connectivity index (χ2v) is 10.7. The topological polar surface area (TPSA) is 50.5 Å². The van der Waals surface area contributed by atoms with Crippen molar-refractivity contribution in [2.45, 2.75) is 108 Å². The number of rotatable bonds is 3. The summed E-state index contributed by atoms with van der Waals surface area (Å²) < 4.78 is 6.60. The molecule has 8 atom stereocenters. The van der Waals surface area contributed by atoms with Crippen LogP contribution in [0.4, 0.5) is 0 Å². The Morgan fingerprint density at radius 1 is 1.10 bits per heavy atom. The number of hydrogen-bond donors (Lipinski definition) is 1. The highest BCUT2D eigenvalue weighted by Gasteiger charge is 2.63. The Kier molecular flexibility index (Phi) is 5.74. The monoisotopic (exact) mass is 415 g/mol. The van der Waals surface area contributed by atoms with Crippen LogP contribution in [0.2, 0.25) is 0 Å². The van der Waals surface area contributed by atoms with E-state index in [2.05, 4.69) is 33.7 Å². The minimum absolute atomic E-state index is 0.0755. The smallest absolute Gasteiger partial charge is 0.255 e. The normalized spacial score (nSPS) is 47.4. The van der Waals surface area contributed by atoms with Crippen molar-refractivity contribution < 1.29 is 9.84 Å². The predicted octanol–water partition coefficient (Wildman–Crippen LogP) is 4.96. The number of isothiocyanates is 1. The Balaban J connectivity index is 1.98. The van der Waals surface area contributed by atoms with Crippen molar-refractivity contribution in [2.24, 2.45) is 22.7 Å². The van der Waals surface area contributed by atoms with Gasteiger partial charge in [0.05, 0.1) is 16.3 Å². The van der Waals surface area contributed by atoms with Gasteiger partial charge in [-0.25, -0.2) is 18.1 Å². The lowest BCUT2D eigenvalue weighted by Gasteiger charge is -2.56. The molecule has 1 N–H and O–H groups in total. The number of aliphatic hydroxyl groups excluding tert-OH is 1. The van der Waals surface area contributed by atoms with Crippen molar-refractivity contribution in [3.05, 3.63) is 22.8 Å². The molecular weight excluding hydrogens is 382 g/mol. The molecule has 2 saturated carbocycles. The van der Waals surface area contributed by atoms with Crippen LogP contribution < -0.4 is 0 Å². The summed E-state index contributed by atoms with van der Waals surface area (Å²) in [6, 6.07) is 0. The van der Waals surface area contributed by atoms with E-state index in [4.69, 9.17) is 30.1 Å². The summed E-state index contributed by atoms with van der Waals surface area (Å²) in [6.45, 7) is 25.3. The van der Waals surface area contributed by atoms with Crippen molar-refractivity contribution in [1.29, 1.82) is 0 Å². The van der Waals surface area contributed by atoms with Crippen LogP contribution in [0.1, 0.15) is 73.1 Å². The second kappa shape index (κ2) is 7.44. The van der Waals surface area contributed by atoms with Crippen molar-refractivity contribution in [3.8, 4) is 0 Å². The van der Waals surface area contributed by atoms with E-state index in [1.54, 1.807) is 0 Å². The molecule has 3 aliphatic rings. The average Bonchev–Trinajstić information content (AvgIpc) is 3.09. The van der Waals surface area contributed by atoms with Crippen LogP contribution in [0, 0.1) is 30.9 Å². The van der Waals surface area contributed by atoms with Crippen molar-refractivity contribution in [2.75, 3.05) is 0 Å². The largest absolute Gasteiger partial charge is 0.384 e. The van der Waals surface area contributed by atoms with E-state index < -0.39 is 22.8 Å². The van der Waals surface area contributed by atoms with Gasteiger partial charge >= 0.3 is 0 Å². The number of aliphatic imine (C=N–C) groups is 1. The predicted molar refractivity (Wildman–Crippen MR) is 117 cm³/mol. The molecule has 0 aromatic rings. The van der Waals surface area contributed by atoms with Crippen molar-refractivity contribution in [1.82, 2.24) is 0 Å². The third-order valence-corrected chi connectivity index (χ3v) is 8.48. The average molecular weight is 416 g/mol. The van der Waals surface area contributed by atoms with E-state index in [1.165, 1.54) is 0 Å². The molecule has 0 spiro atoms. The molecule has 0 amide bonds. The van der Waals surface area contributed by atoms with Gasteiger partial charge in [-0.1, -0.05) is 0 Å². The molecule has 1 heterocycles. The first-order valence-electron chi connectivity index (χ1n) is 10.7. The van der Waals surface area contributed by atoms with Crippen LogP contribution in [-0.2, 0) is 4.74 Å². The Morgan fingerprint density at radius 3 is 2.34 bits per heavy atom. The Labute approximate surface area is 180 Å². The first kappa shape index (κ1) is 22.4. The highest BCUT2D eigenvalue weighted by molar-refractivity contribution is 7.78. The number of ether oxygens (including phenoxy) is 1. The molecule has 6 heteroatoms. The molecule has 3 rings (SSSR count). The van der Waals surface area contributed by atoms with Crippen LogP contribution in [0.5, 0.6) is 0 Å². The van der Waals surface area contributed by atoms with Gasteiger partial charge in [0.2, 0.25) is 0 Å². The third kappa shape index (κ3) is 3.55. The van der Waals surface area contributed by atoms with Crippen LogP contribution >= 0.6 is 12.2 Å². The maximum absolute atomic E-state index is 11.4. The zero-order valence-corrected chi connectivity index (χ0v) is 19.1. The maximum Gasteiger partial charge on any atom is 0.255 e. The standard InChI is InChI=1S/C23H33N3O2S/c1-20(2,24-6)17-10-13-23(5,28-17)16-9-11-21(3,26-14-29)15-8-12-22(4,25-7)19(27)18(15)16/h15-19,27H,8-13H2,1-5H3/t15-,16-,17-,18-,19-,21+,22-,23+/m0/s1. The first-order valence-corrected chi connectivity index (χ1v) is 11.1. The number of hydrogen-bond acceptors (Lipinski definition) is 4. The summed E-state index contributed by atoms with van der Waals surface area (Å²) in [5.74, 6) is 0.201. The van der Waals surface area contributed by atoms with E-state index >= 15 is 0 Å². The minimum Gasteiger partial charge on any atom is -0.384 e. The summed E-state index contributed by atoms with van der Waals surface area (Å²) in [5.41, 5.74) is -2.09. The van der Waals surface area contributed by atoms with Gasteiger partial charge in [-0.3, -0.25) is 0 Å². The van der Waals surface area contributed by atoms with Crippen LogP contribution in [0.3, 0.4) is 0 Å². The second-order valence-electron chi connectivity index (χ2n) is 10.6. The molecule has 158 valence electrons. The lowest BCUT2D eigenvalue weighted by Crippen LogP contribution is -2.62. The maximum atomic E-state index is 11.4. The molecule has 29 heavy (non-hydrogen) atoms. The molecular formula is C23H33N3O2S.